The van der Waals surface area contributed by atoms with E-state index in [2.05, 4.69) is 19.5 Å². The van der Waals surface area contributed by atoms with Gasteiger partial charge in [-0.15, -0.1) is 5.10 Å². The second kappa shape index (κ2) is 7.64. The summed E-state index contributed by atoms with van der Waals surface area (Å²) in [4.78, 5) is 15.8. The van der Waals surface area contributed by atoms with Gasteiger partial charge in [0, 0.05) is 0 Å². The lowest BCUT2D eigenvalue weighted by atomic mass is 10.2. The number of hydrogen-bond donors (Lipinski definition) is 1. The van der Waals surface area contributed by atoms with Gasteiger partial charge in [-0.25, -0.2) is 9.92 Å². The van der Waals surface area contributed by atoms with Gasteiger partial charge in [0.25, 0.3) is 15.2 Å². The van der Waals surface area contributed by atoms with Crippen molar-refractivity contribution in [3.05, 3.63) is 40.8 Å². The van der Waals surface area contributed by atoms with Gasteiger partial charge >= 0.3 is 5.97 Å². The lowest BCUT2D eigenvalue weighted by Gasteiger charge is -2.18. The molecule has 1 aliphatic heterocycles. The van der Waals surface area contributed by atoms with E-state index >= 15 is 0 Å². The fraction of sp³-hybridized carbons (Fsp3) is 0.267. The van der Waals surface area contributed by atoms with Crippen LogP contribution in [0.15, 0.2) is 29.6 Å². The number of hydrogen-bond acceptors (Lipinski definition) is 8. The third kappa shape index (κ3) is 3.73. The largest absolute Gasteiger partial charge is 0.477 e. The van der Waals surface area contributed by atoms with Crippen LogP contribution in [-0.4, -0.2) is 48.0 Å². The lowest BCUT2D eigenvalue weighted by molar-refractivity contribution is 0.0601. The highest BCUT2D eigenvalue weighted by molar-refractivity contribution is 7.92. The number of ether oxygens (including phenoxy) is 2. The lowest BCUT2D eigenvalue weighted by Crippen LogP contribution is -2.20. The molecule has 28 heavy (non-hydrogen) atoms. The van der Waals surface area contributed by atoms with Crippen molar-refractivity contribution in [2.24, 2.45) is 0 Å². The third-order valence-corrected chi connectivity index (χ3v) is 5.04. The number of sulfonamides is 1. The van der Waals surface area contributed by atoms with Crippen molar-refractivity contribution < 1.29 is 27.2 Å². The van der Waals surface area contributed by atoms with Crippen LogP contribution in [0.25, 0.3) is 5.88 Å². The number of esters is 1. The number of methoxy groups -OCH3 is 1. The molecule has 2 heterocycles. The number of fused-ring (bicyclic) bond motifs is 1. The fourth-order valence-electron chi connectivity index (χ4n) is 2.41. The zero-order chi connectivity index (χ0) is 20.5. The summed E-state index contributed by atoms with van der Waals surface area (Å²) in [5.41, 5.74) is -0.274. The zero-order valence-electron chi connectivity index (χ0n) is 14.7. The molecule has 0 atom stereocenters. The summed E-state index contributed by atoms with van der Waals surface area (Å²) in [5, 5.41) is 3.51. The van der Waals surface area contributed by atoms with Crippen LogP contribution in [-0.2, 0) is 26.0 Å². The van der Waals surface area contributed by atoms with Crippen LogP contribution >= 0.6 is 11.6 Å². The summed E-state index contributed by atoms with van der Waals surface area (Å²) in [6.45, 7) is 1.57. The Kier molecular flexibility index (Phi) is 5.42. The Morgan fingerprint density at radius 3 is 2.86 bits per heavy atom. The van der Waals surface area contributed by atoms with E-state index in [1.165, 1.54) is 18.2 Å². The van der Waals surface area contributed by atoms with Crippen LogP contribution in [0, 0.1) is 0 Å². The minimum absolute atomic E-state index is 0.0150. The van der Waals surface area contributed by atoms with Gasteiger partial charge in [-0.2, -0.15) is 18.1 Å². The number of anilines is 1. The second-order valence-electron chi connectivity index (χ2n) is 5.44. The van der Waals surface area contributed by atoms with E-state index in [1.54, 1.807) is 6.92 Å². The Balaban J connectivity index is 2.00. The quantitative estimate of drug-likeness (QED) is 0.545. The number of halogens is 2. The molecule has 0 aliphatic carbocycles. The maximum atomic E-state index is 13.7. The summed E-state index contributed by atoms with van der Waals surface area (Å²) in [7, 11) is -3.21. The van der Waals surface area contributed by atoms with Gasteiger partial charge in [0.1, 0.15) is 6.54 Å². The number of benzene rings is 1. The van der Waals surface area contributed by atoms with Crippen molar-refractivity contribution >= 4 is 39.2 Å². The molecule has 10 nitrogen and oxygen atoms in total. The topological polar surface area (TPSA) is 116 Å². The van der Waals surface area contributed by atoms with Gasteiger partial charge in [0.15, 0.2) is 5.82 Å². The van der Waals surface area contributed by atoms with Crippen LogP contribution in [0.4, 0.5) is 10.2 Å². The van der Waals surface area contributed by atoms with E-state index in [9.17, 15) is 17.7 Å². The minimum Gasteiger partial charge on any atom is -0.477 e. The van der Waals surface area contributed by atoms with E-state index in [0.717, 1.165) is 18.0 Å². The standard InChI is InChI=1S/C15H15ClFN5O5S/c1-3-27-12-8-21(17)7-11-18-15(19-22(11)12)28(24,25)20-13-9(14(23)26-2)5-4-6-10(13)16/h4-6,8,20H,3,7H2,1-2H3. The summed E-state index contributed by atoms with van der Waals surface area (Å²) in [5.74, 6) is -0.790. The Morgan fingerprint density at radius 1 is 1.43 bits per heavy atom. The summed E-state index contributed by atoms with van der Waals surface area (Å²) >= 11 is 6.04. The smallest absolute Gasteiger partial charge is 0.340 e. The maximum absolute atomic E-state index is 13.7. The van der Waals surface area contributed by atoms with Crippen molar-refractivity contribution in [2.75, 3.05) is 18.4 Å². The van der Waals surface area contributed by atoms with Crippen LogP contribution in [0.1, 0.15) is 23.1 Å². The molecule has 0 unspecified atom stereocenters. The molecular formula is C15H15ClFN5O5S. The maximum Gasteiger partial charge on any atom is 0.340 e. The first kappa shape index (κ1) is 19.9. The Hall–Kier alpha value is -2.86. The van der Waals surface area contributed by atoms with Gasteiger partial charge in [-0.05, 0) is 19.1 Å². The molecule has 13 heteroatoms. The van der Waals surface area contributed by atoms with Crippen molar-refractivity contribution in [1.82, 2.24) is 19.9 Å². The highest BCUT2D eigenvalue weighted by atomic mass is 35.5. The predicted octanol–water partition coefficient (Wildman–Crippen LogP) is 2.01. The first-order chi connectivity index (χ1) is 13.3. The van der Waals surface area contributed by atoms with Gasteiger partial charge < -0.3 is 9.47 Å². The molecular weight excluding hydrogens is 417 g/mol. The van der Waals surface area contributed by atoms with Crippen LogP contribution in [0.3, 0.4) is 0 Å². The Labute approximate surface area is 164 Å². The molecule has 1 aromatic heterocycles. The number of nitrogens with one attached hydrogen (secondary N) is 1. The molecule has 1 aromatic carbocycles. The van der Waals surface area contributed by atoms with E-state index in [-0.39, 0.29) is 41.1 Å². The number of carbonyl (C=O) groups is 1. The molecule has 3 rings (SSSR count). The average Bonchev–Trinajstić information content (AvgIpc) is 3.08. The van der Waals surface area contributed by atoms with E-state index in [1.807, 2.05) is 0 Å². The molecule has 0 saturated heterocycles. The second-order valence-corrected chi connectivity index (χ2v) is 7.42. The normalized spacial score (nSPS) is 13.6. The number of rotatable bonds is 6. The Morgan fingerprint density at radius 2 is 2.18 bits per heavy atom. The van der Waals surface area contributed by atoms with Gasteiger partial charge in [0.2, 0.25) is 5.88 Å². The van der Waals surface area contributed by atoms with E-state index < -0.39 is 21.1 Å². The number of nitrogens with zero attached hydrogens (tertiary/aromatic N) is 4. The van der Waals surface area contributed by atoms with E-state index in [4.69, 9.17) is 16.3 Å². The molecule has 0 radical (unpaired) electrons. The third-order valence-electron chi connectivity index (χ3n) is 3.59. The molecule has 0 bridgehead atoms. The molecule has 2 aromatic rings. The van der Waals surface area contributed by atoms with Crippen LogP contribution in [0.5, 0.6) is 0 Å². The van der Waals surface area contributed by atoms with Gasteiger partial charge in [-0.3, -0.25) is 4.72 Å². The zero-order valence-corrected chi connectivity index (χ0v) is 16.3. The van der Waals surface area contributed by atoms with Gasteiger partial charge in [-0.1, -0.05) is 22.1 Å². The van der Waals surface area contributed by atoms with Crippen LogP contribution < -0.4 is 4.72 Å². The molecule has 1 N–H and O–H groups in total. The number of carbonyl (C=O) groups excluding carboxylic acids is 1. The van der Waals surface area contributed by atoms with Crippen molar-refractivity contribution in [3.8, 4) is 0 Å². The average molecular weight is 432 g/mol. The molecule has 0 saturated carbocycles. The van der Waals surface area contributed by atoms with Crippen molar-refractivity contribution in [3.63, 3.8) is 0 Å². The highest BCUT2D eigenvalue weighted by Gasteiger charge is 2.30. The van der Waals surface area contributed by atoms with Crippen molar-refractivity contribution in [2.45, 2.75) is 18.6 Å². The van der Waals surface area contributed by atoms with E-state index in [0.29, 0.717) is 5.12 Å². The monoisotopic (exact) mass is 431 g/mol. The molecule has 1 aliphatic rings. The highest BCUT2D eigenvalue weighted by Crippen LogP contribution is 2.29. The Bertz CT molecular complexity index is 1060. The molecule has 0 spiro atoms. The summed E-state index contributed by atoms with van der Waals surface area (Å²) in [6.07, 6.45) is 1.03. The molecule has 150 valence electrons. The number of para-hydroxylation sites is 1. The first-order valence-electron chi connectivity index (χ1n) is 7.89. The summed E-state index contributed by atoms with van der Waals surface area (Å²) in [6, 6.07) is 4.21. The first-order valence-corrected chi connectivity index (χ1v) is 9.76. The van der Waals surface area contributed by atoms with Crippen LogP contribution in [0.2, 0.25) is 5.02 Å². The SMILES string of the molecule is CCOC1=CN(F)Cc2nc(S(=O)(=O)Nc3c(Cl)cccc3C(=O)OC)nn21. The predicted molar refractivity (Wildman–Crippen MR) is 96.2 cm³/mol. The van der Waals surface area contributed by atoms with Gasteiger partial charge in [0.05, 0.1) is 36.2 Å². The fourth-order valence-corrected chi connectivity index (χ4v) is 3.68. The molecule has 0 fully saturated rings. The molecule has 0 amide bonds. The number of aromatic nitrogens is 3. The minimum atomic E-state index is -4.36. The van der Waals surface area contributed by atoms with Crippen molar-refractivity contribution in [1.29, 1.82) is 0 Å². The summed E-state index contributed by atoms with van der Waals surface area (Å²) < 4.78 is 52.3.